The lowest BCUT2D eigenvalue weighted by atomic mass is 10.1. The predicted molar refractivity (Wildman–Crippen MR) is 198 cm³/mol. The first-order valence-corrected chi connectivity index (χ1v) is 21.9. The Morgan fingerprint density at radius 3 is 1.84 bits per heavy atom. The number of nitrogens with one attached hydrogen (secondary N) is 1. The van der Waals surface area contributed by atoms with Crippen LogP contribution in [0.5, 0.6) is 5.75 Å². The summed E-state index contributed by atoms with van der Waals surface area (Å²) in [5, 5.41) is 65.9. The maximum absolute atomic E-state index is 12.8. The number of azo groups is 2. The number of aromatic hydroxyl groups is 1. The van der Waals surface area contributed by atoms with Gasteiger partial charge in [0.2, 0.25) is 0 Å². The average molecular weight is 918 g/mol. The fourth-order valence-corrected chi connectivity index (χ4v) is 8.05. The van der Waals surface area contributed by atoms with Gasteiger partial charge in [0.1, 0.15) is 17.3 Å². The van der Waals surface area contributed by atoms with Crippen LogP contribution in [-0.4, -0.2) is 81.3 Å². The van der Waals surface area contributed by atoms with Crippen LogP contribution in [0.1, 0.15) is 0 Å². The van der Waals surface area contributed by atoms with Crippen molar-refractivity contribution in [1.82, 2.24) is 0 Å². The van der Waals surface area contributed by atoms with Gasteiger partial charge in [0.15, 0.2) is 50.1 Å². The van der Waals surface area contributed by atoms with Crippen molar-refractivity contribution < 1.29 is 87.2 Å². The number of fused-ring (bicyclic) bond motifs is 1. The molecule has 4 rings (SSSR count). The molecule has 0 fully saturated rings. The summed E-state index contributed by atoms with van der Waals surface area (Å²) in [5.74, 6) is -2.49. The molecule has 310 valence electrons. The number of benzene rings is 4. The van der Waals surface area contributed by atoms with Crippen LogP contribution in [0.15, 0.2) is 102 Å². The maximum atomic E-state index is 12.8. The van der Waals surface area contributed by atoms with Gasteiger partial charge in [0, 0.05) is 10.8 Å². The Bertz CT molecular complexity index is 2370. The Morgan fingerprint density at radius 2 is 1.23 bits per heavy atom. The van der Waals surface area contributed by atoms with Crippen molar-refractivity contribution in [1.29, 1.82) is 0 Å². The van der Waals surface area contributed by atoms with Gasteiger partial charge in [-0.1, -0.05) is 21.2 Å². The number of nitrogens with zero attached hydrogens (tertiary/aromatic N) is 4. The molecule has 24 nitrogen and oxygen atoms in total. The zero-order valence-corrected chi connectivity index (χ0v) is 33.0. The first-order chi connectivity index (χ1) is 27.2. The molecule has 0 bridgehead atoms. The molecule has 30 heteroatoms. The zero-order chi connectivity index (χ0) is 41.5. The highest BCUT2D eigenvalue weighted by molar-refractivity contribution is 7.94. The van der Waals surface area contributed by atoms with E-state index >= 15 is 0 Å². The van der Waals surface area contributed by atoms with E-state index in [2.05, 4.69) is 53.9 Å². The summed E-state index contributed by atoms with van der Waals surface area (Å²) in [6.07, 6.45) is 0. The molecule has 0 spiro atoms. The summed E-state index contributed by atoms with van der Waals surface area (Å²) in [7, 11) is -12.3. The third kappa shape index (κ3) is 14.0. The summed E-state index contributed by atoms with van der Waals surface area (Å²) in [6, 6.07) is 14.3. The van der Waals surface area contributed by atoms with Crippen molar-refractivity contribution in [2.75, 3.05) is 35.9 Å². The highest BCUT2D eigenvalue weighted by Gasteiger charge is 2.21. The van der Waals surface area contributed by atoms with E-state index in [4.69, 9.17) is 24.1 Å². The van der Waals surface area contributed by atoms with E-state index in [1.54, 1.807) is 0 Å². The summed E-state index contributed by atoms with van der Waals surface area (Å²) >= 11 is 0.762. The van der Waals surface area contributed by atoms with Gasteiger partial charge in [-0.3, -0.25) is 12.9 Å². The first kappa shape index (κ1) is 46.1. The van der Waals surface area contributed by atoms with Crippen LogP contribution in [0.2, 0.25) is 0 Å². The second-order valence-electron chi connectivity index (χ2n) is 10.4. The van der Waals surface area contributed by atoms with E-state index < -0.39 is 52.9 Å². The van der Waals surface area contributed by atoms with Gasteiger partial charge in [-0.2, -0.15) is 18.6 Å². The number of hydrogen-bond donors (Lipinski definition) is 6. The minimum absolute atomic E-state index is 0.0168. The Hall–Kier alpha value is -3.64. The maximum Gasteiger partial charge on any atom is 0.283 e. The fraction of sp³-hybridized carbons (Fsp3) is 0.185. The molecule has 0 aliphatic heterocycles. The second kappa shape index (κ2) is 21.9. The first-order valence-electron chi connectivity index (χ1n) is 14.9. The lowest BCUT2D eigenvalue weighted by molar-refractivity contribution is -0.434. The normalized spacial score (nSPS) is 12.6. The van der Waals surface area contributed by atoms with Gasteiger partial charge in [-0.25, -0.2) is 32.6 Å². The summed E-state index contributed by atoms with van der Waals surface area (Å²) in [4.78, 5) is -0.350. The van der Waals surface area contributed by atoms with Crippen molar-refractivity contribution >= 4 is 106 Å². The van der Waals surface area contributed by atoms with E-state index in [1.807, 2.05) is 0 Å². The summed E-state index contributed by atoms with van der Waals surface area (Å²) in [5.41, 5.74) is -0.263. The molecule has 0 aromatic heterocycles. The molecule has 4 aromatic rings. The SMILES string of the molecule is O=S(=O)(O)CNc1ccc2c(O)c(/N=N/c3cccc(S(=O)(=O)CCOSOOO)c3)c(SOOO)cc2c1/N=N/c1ccc(S(=O)(=O)CCOSOOO)cc1. The molecule has 0 heterocycles. The molecule has 0 aliphatic carbocycles. The molecular weight excluding hydrogens is 891 g/mol. The van der Waals surface area contributed by atoms with Gasteiger partial charge in [-0.05, 0) is 60.7 Å². The largest absolute Gasteiger partial charge is 0.505 e. The van der Waals surface area contributed by atoms with Crippen LogP contribution in [0.4, 0.5) is 28.4 Å². The van der Waals surface area contributed by atoms with Crippen molar-refractivity contribution in [3.05, 3.63) is 66.7 Å². The van der Waals surface area contributed by atoms with Crippen molar-refractivity contribution in [3.8, 4) is 5.75 Å². The molecular formula is C27H27N5O19S6. The van der Waals surface area contributed by atoms with Gasteiger partial charge in [0.05, 0.1) is 68.5 Å². The molecule has 4 aromatic carbocycles. The Balaban J connectivity index is 1.71. The fourth-order valence-electron chi connectivity index (χ4n) is 4.37. The van der Waals surface area contributed by atoms with Gasteiger partial charge < -0.3 is 10.4 Å². The second-order valence-corrected chi connectivity index (χ2v) is 17.8. The Morgan fingerprint density at radius 1 is 0.632 bits per heavy atom. The van der Waals surface area contributed by atoms with Crippen LogP contribution in [0.3, 0.4) is 0 Å². The summed E-state index contributed by atoms with van der Waals surface area (Å²) < 4.78 is 106. The number of hydrogen-bond acceptors (Lipinski definition) is 26. The van der Waals surface area contributed by atoms with Gasteiger partial charge >= 0.3 is 0 Å². The van der Waals surface area contributed by atoms with E-state index in [0.717, 1.165) is 0 Å². The number of rotatable bonds is 24. The smallest absolute Gasteiger partial charge is 0.283 e. The number of phenols is 1. The van der Waals surface area contributed by atoms with Gasteiger partial charge in [0.25, 0.3) is 10.1 Å². The van der Waals surface area contributed by atoms with Crippen LogP contribution in [0, 0.1) is 0 Å². The van der Waals surface area contributed by atoms with E-state index in [0.29, 0.717) is 12.0 Å². The monoisotopic (exact) mass is 917 g/mol. The molecule has 0 saturated carbocycles. The molecule has 0 radical (unpaired) electrons. The highest BCUT2D eigenvalue weighted by Crippen LogP contribution is 2.48. The van der Waals surface area contributed by atoms with Crippen LogP contribution >= 0.6 is 36.7 Å². The summed E-state index contributed by atoms with van der Waals surface area (Å²) in [6.45, 7) is -0.665. The molecule has 0 atom stereocenters. The third-order valence-corrected chi connectivity index (χ3v) is 12.0. The number of sulfone groups is 2. The molecule has 0 amide bonds. The van der Waals surface area contributed by atoms with Crippen molar-refractivity contribution in [2.24, 2.45) is 20.5 Å². The molecule has 0 unspecified atom stereocenters. The van der Waals surface area contributed by atoms with E-state index in [-0.39, 0.29) is 91.8 Å². The molecule has 57 heavy (non-hydrogen) atoms. The molecule has 0 saturated heterocycles. The average Bonchev–Trinajstić information content (AvgIpc) is 3.18. The van der Waals surface area contributed by atoms with Crippen LogP contribution in [0.25, 0.3) is 10.8 Å². The van der Waals surface area contributed by atoms with Crippen molar-refractivity contribution in [3.63, 3.8) is 0 Å². The third-order valence-electron chi connectivity index (χ3n) is 6.79. The topological polar surface area (TPSA) is 339 Å². The lowest BCUT2D eigenvalue weighted by Crippen LogP contribution is -2.13. The number of anilines is 1. The van der Waals surface area contributed by atoms with Crippen LogP contribution < -0.4 is 5.32 Å². The van der Waals surface area contributed by atoms with Crippen molar-refractivity contribution in [2.45, 2.75) is 14.7 Å². The lowest BCUT2D eigenvalue weighted by Gasteiger charge is -2.14. The minimum atomic E-state index is -4.56. The Labute approximate surface area is 334 Å². The minimum Gasteiger partial charge on any atom is -0.505 e. The van der Waals surface area contributed by atoms with E-state index in [1.165, 1.54) is 66.7 Å². The van der Waals surface area contributed by atoms with E-state index in [9.17, 15) is 34.9 Å². The standard InChI is InChI=1S/C27H27N5O19S6/c33-27-21-8-9-23(28-16-57(41,42)43)25(31-29-17-4-6-19(7-5-17)55(37,38)12-10-44-53-50-47-35)22(21)15-24(52-49-46-34)26(27)32-30-18-2-1-3-20(14-18)56(39,40)13-11-45-54-51-48-36/h1-9,14-15,28,33-36H,10-13,16H2,(H,41,42,43)/b31-29+,32-30+. The molecule has 0 aliphatic rings. The molecule has 6 N–H and O–H groups in total. The van der Waals surface area contributed by atoms with Crippen LogP contribution in [-0.2, 0) is 66.3 Å². The highest BCUT2D eigenvalue weighted by atomic mass is 32.2. The Kier molecular flexibility index (Phi) is 17.7. The zero-order valence-electron chi connectivity index (χ0n) is 28.1. The quantitative estimate of drug-likeness (QED) is 0.0107. The predicted octanol–water partition coefficient (Wildman–Crippen LogP) is 6.61. The number of phenolic OH excluding ortho intramolecular Hbond substituents is 1. The van der Waals surface area contributed by atoms with Gasteiger partial charge in [-0.15, -0.1) is 23.2 Å².